The summed E-state index contributed by atoms with van der Waals surface area (Å²) in [6, 6.07) is 0. The van der Waals surface area contributed by atoms with Gasteiger partial charge in [-0.2, -0.15) is 0 Å². The number of nitrogens with two attached hydrogens (primary N) is 1. The van der Waals surface area contributed by atoms with Gasteiger partial charge in [0, 0.05) is 0 Å². The molecule has 15 heavy (non-hydrogen) atoms. The number of ketones is 1. The Morgan fingerprint density at radius 3 is 2.47 bits per heavy atom. The van der Waals surface area contributed by atoms with Gasteiger partial charge >= 0.3 is 5.97 Å². The van der Waals surface area contributed by atoms with E-state index < -0.39 is 5.92 Å². The number of carbonyl (C=O) groups is 2. The molecule has 0 aromatic carbocycles. The van der Waals surface area contributed by atoms with Crippen LogP contribution in [0.5, 0.6) is 0 Å². The molecule has 0 aliphatic heterocycles. The number of hydrogen-bond donors (Lipinski definition) is 1. The van der Waals surface area contributed by atoms with E-state index in [2.05, 4.69) is 0 Å². The Balaban J connectivity index is 2.67. The van der Waals surface area contributed by atoms with Crippen LogP contribution in [0, 0.1) is 11.8 Å². The van der Waals surface area contributed by atoms with E-state index in [1.165, 1.54) is 0 Å². The van der Waals surface area contributed by atoms with Crippen LogP contribution in [0.1, 0.15) is 32.6 Å². The molecule has 0 spiro atoms. The van der Waals surface area contributed by atoms with E-state index in [-0.39, 0.29) is 24.2 Å². The van der Waals surface area contributed by atoms with Gasteiger partial charge in [-0.05, 0) is 25.7 Å². The van der Waals surface area contributed by atoms with Crippen LogP contribution in [0.25, 0.3) is 0 Å². The molecule has 1 atom stereocenters. The number of carbonyl (C=O) groups excluding carboxylic acids is 2. The van der Waals surface area contributed by atoms with Gasteiger partial charge in [-0.15, -0.1) is 0 Å². The molecule has 1 aliphatic rings. The summed E-state index contributed by atoms with van der Waals surface area (Å²) in [5.74, 6) is -1.03. The highest BCUT2D eigenvalue weighted by atomic mass is 16.5. The summed E-state index contributed by atoms with van der Waals surface area (Å²) in [6.45, 7) is 2.00. The summed E-state index contributed by atoms with van der Waals surface area (Å²) >= 11 is 0. The minimum atomic E-state index is -0.613. The van der Waals surface area contributed by atoms with Crippen LogP contribution in [-0.2, 0) is 14.3 Å². The lowest BCUT2D eigenvalue weighted by molar-refractivity contribution is -0.153. The van der Waals surface area contributed by atoms with Crippen molar-refractivity contribution in [2.45, 2.75) is 32.6 Å². The third-order valence-corrected chi connectivity index (χ3v) is 2.96. The van der Waals surface area contributed by atoms with Crippen molar-refractivity contribution in [3.8, 4) is 0 Å². The Kier molecular flexibility index (Phi) is 4.75. The van der Waals surface area contributed by atoms with Gasteiger partial charge < -0.3 is 10.5 Å². The van der Waals surface area contributed by atoms with E-state index in [1.807, 2.05) is 0 Å². The first kappa shape index (κ1) is 12.2. The molecular weight excluding hydrogens is 194 g/mol. The molecule has 4 nitrogen and oxygen atoms in total. The second-order valence-corrected chi connectivity index (χ2v) is 3.94. The second kappa shape index (κ2) is 5.85. The molecular formula is C11H19NO3. The summed E-state index contributed by atoms with van der Waals surface area (Å²) in [5.41, 5.74) is 5.32. The van der Waals surface area contributed by atoms with Gasteiger partial charge in [-0.1, -0.05) is 12.8 Å². The lowest BCUT2D eigenvalue weighted by Gasteiger charge is -2.19. The first-order valence-corrected chi connectivity index (χ1v) is 5.60. The highest BCUT2D eigenvalue weighted by Crippen LogP contribution is 2.32. The lowest BCUT2D eigenvalue weighted by Crippen LogP contribution is -2.35. The Morgan fingerprint density at radius 2 is 2.00 bits per heavy atom. The van der Waals surface area contributed by atoms with Crippen LogP contribution in [0.2, 0.25) is 0 Å². The molecule has 0 heterocycles. The molecule has 1 saturated carbocycles. The smallest absolute Gasteiger partial charge is 0.316 e. The minimum Gasteiger partial charge on any atom is -0.465 e. The molecule has 0 radical (unpaired) electrons. The van der Waals surface area contributed by atoms with Gasteiger partial charge in [0.05, 0.1) is 13.2 Å². The van der Waals surface area contributed by atoms with Crippen LogP contribution in [-0.4, -0.2) is 24.9 Å². The van der Waals surface area contributed by atoms with Crippen molar-refractivity contribution in [2.24, 2.45) is 17.6 Å². The molecule has 0 saturated heterocycles. The predicted octanol–water partition coefficient (Wildman–Crippen LogP) is 0.884. The van der Waals surface area contributed by atoms with Crippen LogP contribution in [0.3, 0.4) is 0 Å². The predicted molar refractivity (Wildman–Crippen MR) is 56.1 cm³/mol. The first-order valence-electron chi connectivity index (χ1n) is 5.60. The Morgan fingerprint density at radius 1 is 1.40 bits per heavy atom. The average molecular weight is 213 g/mol. The fourth-order valence-electron chi connectivity index (χ4n) is 2.24. The van der Waals surface area contributed by atoms with Crippen LogP contribution in [0.15, 0.2) is 0 Å². The van der Waals surface area contributed by atoms with Crippen molar-refractivity contribution in [3.05, 3.63) is 0 Å². The van der Waals surface area contributed by atoms with Gasteiger partial charge in [0.25, 0.3) is 0 Å². The molecule has 1 fully saturated rings. The molecule has 86 valence electrons. The highest BCUT2D eigenvalue weighted by Gasteiger charge is 2.36. The largest absolute Gasteiger partial charge is 0.465 e. The topological polar surface area (TPSA) is 69.4 Å². The van der Waals surface area contributed by atoms with Crippen molar-refractivity contribution < 1.29 is 14.3 Å². The summed E-state index contributed by atoms with van der Waals surface area (Å²) in [5, 5.41) is 0. The molecule has 1 unspecified atom stereocenters. The van der Waals surface area contributed by atoms with Crippen molar-refractivity contribution in [1.29, 1.82) is 0 Å². The summed E-state index contributed by atoms with van der Waals surface area (Å²) in [4.78, 5) is 23.2. The molecule has 1 aliphatic carbocycles. The number of ether oxygens (including phenoxy) is 1. The Labute approximate surface area is 90.2 Å². The number of Topliss-reactive ketones (excluding diaryl/α,β-unsaturated/α-hetero) is 1. The van der Waals surface area contributed by atoms with Crippen molar-refractivity contribution in [2.75, 3.05) is 13.2 Å². The maximum Gasteiger partial charge on any atom is 0.316 e. The van der Waals surface area contributed by atoms with Gasteiger partial charge in [-0.3, -0.25) is 9.59 Å². The van der Waals surface area contributed by atoms with Gasteiger partial charge in [0.15, 0.2) is 5.78 Å². The van der Waals surface area contributed by atoms with Crippen LogP contribution < -0.4 is 5.73 Å². The van der Waals surface area contributed by atoms with Gasteiger partial charge in [0.2, 0.25) is 0 Å². The van der Waals surface area contributed by atoms with Gasteiger partial charge in [0.1, 0.15) is 5.92 Å². The lowest BCUT2D eigenvalue weighted by atomic mass is 9.87. The fraction of sp³-hybridized carbons (Fsp3) is 0.818. The first-order chi connectivity index (χ1) is 7.20. The summed E-state index contributed by atoms with van der Waals surface area (Å²) in [6.07, 6.45) is 4.07. The van der Waals surface area contributed by atoms with Gasteiger partial charge in [-0.25, -0.2) is 0 Å². The Hall–Kier alpha value is -0.900. The zero-order chi connectivity index (χ0) is 11.3. The third kappa shape index (κ3) is 3.02. The van der Waals surface area contributed by atoms with E-state index in [9.17, 15) is 9.59 Å². The van der Waals surface area contributed by atoms with E-state index in [0.717, 1.165) is 25.7 Å². The van der Waals surface area contributed by atoms with Crippen molar-refractivity contribution in [3.63, 3.8) is 0 Å². The van der Waals surface area contributed by atoms with E-state index in [0.29, 0.717) is 6.61 Å². The standard InChI is InChI=1S/C11H19NO3/c1-2-15-11(14)10(9(13)7-12)8-5-3-4-6-8/h8,10H,2-7,12H2,1H3. The maximum absolute atomic E-state index is 11.6. The SMILES string of the molecule is CCOC(=O)C(C(=O)CN)C1CCCC1. The van der Waals surface area contributed by atoms with E-state index >= 15 is 0 Å². The number of hydrogen-bond acceptors (Lipinski definition) is 4. The molecule has 0 amide bonds. The van der Waals surface area contributed by atoms with Crippen LogP contribution >= 0.6 is 0 Å². The Bertz CT molecular complexity index is 234. The third-order valence-electron chi connectivity index (χ3n) is 2.96. The molecule has 0 aromatic heterocycles. The van der Waals surface area contributed by atoms with E-state index in [1.54, 1.807) is 6.92 Å². The molecule has 4 heteroatoms. The number of rotatable bonds is 5. The fourth-order valence-corrected chi connectivity index (χ4v) is 2.24. The minimum absolute atomic E-state index is 0.0695. The molecule has 0 aromatic rings. The summed E-state index contributed by atoms with van der Waals surface area (Å²) in [7, 11) is 0. The normalized spacial score (nSPS) is 18.8. The quantitative estimate of drug-likeness (QED) is 0.543. The van der Waals surface area contributed by atoms with Crippen molar-refractivity contribution in [1.82, 2.24) is 0 Å². The number of esters is 1. The zero-order valence-corrected chi connectivity index (χ0v) is 9.20. The zero-order valence-electron chi connectivity index (χ0n) is 9.20. The highest BCUT2D eigenvalue weighted by molar-refractivity contribution is 6.00. The second-order valence-electron chi connectivity index (χ2n) is 3.94. The van der Waals surface area contributed by atoms with E-state index in [4.69, 9.17) is 10.5 Å². The molecule has 1 rings (SSSR count). The molecule has 0 bridgehead atoms. The molecule has 2 N–H and O–H groups in total. The summed E-state index contributed by atoms with van der Waals surface area (Å²) < 4.78 is 4.92. The monoisotopic (exact) mass is 213 g/mol. The average Bonchev–Trinajstić information content (AvgIpc) is 2.71. The van der Waals surface area contributed by atoms with Crippen LogP contribution in [0.4, 0.5) is 0 Å². The maximum atomic E-state index is 11.6. The van der Waals surface area contributed by atoms with Crippen molar-refractivity contribution >= 4 is 11.8 Å².